The molecule has 8 aromatic rings. The van der Waals surface area contributed by atoms with Crippen molar-refractivity contribution in [1.82, 2.24) is 0 Å². The van der Waals surface area contributed by atoms with Crippen LogP contribution >= 0.6 is 14.4 Å². The minimum absolute atomic E-state index is 0. The first-order valence-electron chi connectivity index (χ1n) is 21.4. The summed E-state index contributed by atoms with van der Waals surface area (Å²) in [6, 6.07) is 70.9. The van der Waals surface area contributed by atoms with Crippen LogP contribution in [0.1, 0.15) is 38.9 Å². The number of benzene rings is 8. The molecule has 8 heteroatoms. The summed E-state index contributed by atoms with van der Waals surface area (Å²) in [4.78, 5) is 1.97. The summed E-state index contributed by atoms with van der Waals surface area (Å²) in [5.74, 6) is 0. The maximum absolute atomic E-state index is 14.6. The van der Waals surface area contributed by atoms with Crippen LogP contribution in [0.4, 0.5) is 5.69 Å². The molecule has 0 N–H and O–H groups in total. The van der Waals surface area contributed by atoms with Crippen LogP contribution in [0.2, 0.25) is 0 Å². The Hall–Kier alpha value is -5.58. The Morgan fingerprint density at radius 3 is 1.41 bits per heavy atom. The molecule has 0 aliphatic carbocycles. The Morgan fingerprint density at radius 2 is 0.939 bits per heavy atom. The number of anilines is 1. The van der Waals surface area contributed by atoms with E-state index in [1.54, 1.807) is 0 Å². The van der Waals surface area contributed by atoms with E-state index in [2.05, 4.69) is 100 Å². The molecule has 2 atom stereocenters. The van der Waals surface area contributed by atoms with E-state index in [-0.39, 0.29) is 39.0 Å². The van der Waals surface area contributed by atoms with Crippen LogP contribution in [0.15, 0.2) is 211 Å². The largest absolute Gasteiger partial charge is 2.00 e. The molecule has 330 valence electrons. The maximum atomic E-state index is 14.6. The first kappa shape index (κ1) is 48.4. The Bertz CT molecular complexity index is 3020. The molecule has 0 saturated carbocycles. The SMILES string of the molecule is Cc1cc(-c2ccccc2)cc(C)c1C1=CC(c2[c-]cccc2)=NP1(=O)c1ccccc1.Cc1cc(-c2ccccc2)cc(C)c1C1=CN(c2[c-]cccc2)[CH-]P1(=O)c1ccccc1.[Rh+2].[Rh]. The molecule has 8 aromatic carbocycles. The molecule has 2 aliphatic heterocycles. The van der Waals surface area contributed by atoms with Gasteiger partial charge in [0.05, 0.1) is 0 Å². The summed E-state index contributed by atoms with van der Waals surface area (Å²) in [5, 5.41) is 3.26. The first-order chi connectivity index (χ1) is 31.1. The van der Waals surface area contributed by atoms with Gasteiger partial charge in [0.15, 0.2) is 0 Å². The zero-order valence-electron chi connectivity index (χ0n) is 37.0. The van der Waals surface area contributed by atoms with E-state index < -0.39 is 14.4 Å². The zero-order chi connectivity index (χ0) is 44.3. The van der Waals surface area contributed by atoms with E-state index in [1.807, 2.05) is 157 Å². The van der Waals surface area contributed by atoms with Gasteiger partial charge in [0, 0.05) is 42.6 Å². The normalized spacial score (nSPS) is 17.3. The molecule has 2 unspecified atom stereocenters. The Labute approximate surface area is 415 Å². The van der Waals surface area contributed by atoms with Gasteiger partial charge >= 0.3 is 19.5 Å². The van der Waals surface area contributed by atoms with Crippen LogP contribution in [0, 0.1) is 46.1 Å². The van der Waals surface area contributed by atoms with E-state index in [1.165, 1.54) is 16.7 Å². The molecule has 2 radical (unpaired) electrons. The molecule has 4 nitrogen and oxygen atoms in total. The Balaban J connectivity index is 0.000000191. The minimum Gasteiger partial charge on any atom is -0.512 e. The van der Waals surface area contributed by atoms with Gasteiger partial charge in [-0.15, -0.1) is 41.6 Å². The van der Waals surface area contributed by atoms with Crippen molar-refractivity contribution < 1.29 is 48.1 Å². The number of aryl methyl sites for hydroxylation is 4. The third-order valence-corrected chi connectivity index (χ3v) is 16.9. The number of hydrogen-bond donors (Lipinski definition) is 0. The van der Waals surface area contributed by atoms with E-state index in [4.69, 9.17) is 4.76 Å². The van der Waals surface area contributed by atoms with E-state index in [9.17, 15) is 9.13 Å². The van der Waals surface area contributed by atoms with Crippen molar-refractivity contribution in [2.24, 2.45) is 4.76 Å². The predicted molar refractivity (Wildman–Crippen MR) is 270 cm³/mol. The maximum Gasteiger partial charge on any atom is 2.00 e. The average molecular weight is 1070 g/mol. The molecule has 10 rings (SSSR count). The predicted octanol–water partition coefficient (Wildman–Crippen LogP) is 14.6. The quantitative estimate of drug-likeness (QED) is 0.0865. The van der Waals surface area contributed by atoms with Gasteiger partial charge in [-0.25, -0.2) is 0 Å². The molecule has 0 fully saturated rings. The second kappa shape index (κ2) is 20.9. The average Bonchev–Trinajstić information content (AvgIpc) is 3.88. The first-order valence-corrected chi connectivity index (χ1v) is 24.8. The summed E-state index contributed by atoms with van der Waals surface area (Å²) in [6.07, 6.45) is 5.90. The zero-order valence-corrected chi connectivity index (χ0v) is 42.0. The molecule has 0 aromatic heterocycles. The Morgan fingerprint density at radius 1 is 0.500 bits per heavy atom. The summed E-state index contributed by atoms with van der Waals surface area (Å²) >= 11 is 0. The molecule has 0 bridgehead atoms. The van der Waals surface area contributed by atoms with Gasteiger partial charge in [0.1, 0.15) is 0 Å². The van der Waals surface area contributed by atoms with Crippen molar-refractivity contribution in [3.05, 3.63) is 264 Å². The third kappa shape index (κ3) is 9.77. The topological polar surface area (TPSA) is 49.7 Å². The van der Waals surface area contributed by atoms with Crippen molar-refractivity contribution in [3.8, 4) is 22.3 Å². The monoisotopic (exact) mass is 1070 g/mol. The molecule has 0 amide bonds. The molecular formula is C58H47N2O2P2Rh2-. The van der Waals surface area contributed by atoms with Crippen molar-refractivity contribution in [3.63, 3.8) is 0 Å². The molecular weight excluding hydrogens is 1020 g/mol. The van der Waals surface area contributed by atoms with Crippen molar-refractivity contribution in [2.75, 3.05) is 4.90 Å². The molecule has 0 saturated heterocycles. The number of hydrogen-bond acceptors (Lipinski definition) is 3. The smallest absolute Gasteiger partial charge is 0.512 e. The van der Waals surface area contributed by atoms with Crippen LogP contribution < -0.4 is 15.5 Å². The van der Waals surface area contributed by atoms with Gasteiger partial charge in [0.25, 0.3) is 0 Å². The molecule has 0 spiro atoms. The van der Waals surface area contributed by atoms with Gasteiger partial charge in [-0.3, -0.25) is 9.33 Å². The molecule has 2 heterocycles. The van der Waals surface area contributed by atoms with Crippen LogP contribution in [-0.4, -0.2) is 5.71 Å². The number of para-hydroxylation sites is 1. The second-order valence-electron chi connectivity index (χ2n) is 16.2. The van der Waals surface area contributed by atoms with Crippen molar-refractivity contribution in [1.29, 1.82) is 0 Å². The van der Waals surface area contributed by atoms with E-state index in [0.29, 0.717) is 0 Å². The van der Waals surface area contributed by atoms with Crippen LogP contribution in [0.3, 0.4) is 0 Å². The minimum atomic E-state index is -3.19. The second-order valence-corrected chi connectivity index (χ2v) is 21.1. The Kier molecular flexibility index (Phi) is 15.3. The number of rotatable bonds is 8. The van der Waals surface area contributed by atoms with Gasteiger partial charge in [-0.2, -0.15) is 36.6 Å². The summed E-state index contributed by atoms with van der Waals surface area (Å²) in [6.45, 7) is 8.42. The van der Waals surface area contributed by atoms with Crippen molar-refractivity contribution >= 4 is 47.1 Å². The summed E-state index contributed by atoms with van der Waals surface area (Å²) < 4.78 is 34.0. The third-order valence-electron chi connectivity index (χ3n) is 11.7. The van der Waals surface area contributed by atoms with Gasteiger partial charge < -0.3 is 9.46 Å². The fourth-order valence-electron chi connectivity index (χ4n) is 8.77. The standard InChI is InChI=1S/C29H24NOP.C29H23NOP.2Rh/c1-22-18-25(24-12-6-3-7-13-24)19-23(2)29(22)28-20-30(26-14-8-4-9-15-26)21-32(28,31)27-16-10-5-11-17-27;1-21-18-25(23-12-6-3-7-13-23)19-22(2)29(21)28-20-27(24-14-8-4-9-15-24)30-32(28,31)26-16-10-5-11-17-26;;/h3-14,16-21H,1-2H3;3-14,16-20H,1-2H3;;/q-2;-1;;+2. The fraction of sp³-hybridized carbons (Fsp3) is 0.0690. The molecule has 66 heavy (non-hydrogen) atoms. The van der Waals surface area contributed by atoms with Gasteiger partial charge in [-0.05, 0) is 113 Å². The van der Waals surface area contributed by atoms with Gasteiger partial charge in [-0.1, -0.05) is 140 Å². The van der Waals surface area contributed by atoms with E-state index >= 15 is 0 Å². The fourth-order valence-corrected chi connectivity index (χ4v) is 13.9. The van der Waals surface area contributed by atoms with Crippen LogP contribution in [-0.2, 0) is 48.1 Å². The van der Waals surface area contributed by atoms with Crippen LogP contribution in [0.5, 0.6) is 0 Å². The number of allylic oxidation sites excluding steroid dienone is 1. The number of nitrogens with zero attached hydrogens (tertiary/aromatic N) is 2. The van der Waals surface area contributed by atoms with Crippen molar-refractivity contribution in [2.45, 2.75) is 27.7 Å². The van der Waals surface area contributed by atoms with Crippen LogP contribution in [0.25, 0.3) is 32.9 Å². The molecule has 2 aliphatic rings. The summed E-state index contributed by atoms with van der Waals surface area (Å²) in [5.41, 5.74) is 13.7. The summed E-state index contributed by atoms with van der Waals surface area (Å²) in [7, 11) is -6.16. The van der Waals surface area contributed by atoms with E-state index in [0.717, 1.165) is 77.1 Å². The van der Waals surface area contributed by atoms with Gasteiger partial charge in [0.2, 0.25) is 7.29 Å².